The second-order valence-corrected chi connectivity index (χ2v) is 6.30. The number of carbonyl (C=O) groups is 3. The molecule has 1 saturated heterocycles. The summed E-state index contributed by atoms with van der Waals surface area (Å²) in [5.41, 5.74) is 1.33. The van der Waals surface area contributed by atoms with Crippen molar-refractivity contribution in [2.45, 2.75) is 33.6 Å². The lowest BCUT2D eigenvalue weighted by Gasteiger charge is -2.30. The van der Waals surface area contributed by atoms with Crippen LogP contribution in [0.25, 0.3) is 0 Å². The number of rotatable bonds is 3. The second-order valence-electron chi connectivity index (χ2n) is 6.30. The molecule has 0 saturated carbocycles. The fourth-order valence-corrected chi connectivity index (χ4v) is 3.04. The van der Waals surface area contributed by atoms with Crippen LogP contribution < -0.4 is 14.5 Å². The maximum atomic E-state index is 14.6. The van der Waals surface area contributed by atoms with Crippen molar-refractivity contribution in [3.05, 3.63) is 29.1 Å². The predicted molar refractivity (Wildman–Crippen MR) is 90.0 cm³/mol. The van der Waals surface area contributed by atoms with E-state index in [4.69, 9.17) is 4.74 Å². The van der Waals surface area contributed by atoms with Crippen molar-refractivity contribution in [1.82, 2.24) is 0 Å². The van der Waals surface area contributed by atoms with Crippen LogP contribution in [0.4, 0.5) is 15.8 Å². The van der Waals surface area contributed by atoms with Gasteiger partial charge in [-0.2, -0.15) is 0 Å². The van der Waals surface area contributed by atoms with E-state index in [-0.39, 0.29) is 30.4 Å². The van der Waals surface area contributed by atoms with Gasteiger partial charge in [0.1, 0.15) is 5.75 Å². The quantitative estimate of drug-likeness (QED) is 0.623. The molecule has 0 radical (unpaired) electrons. The van der Waals surface area contributed by atoms with E-state index in [0.717, 1.165) is 16.5 Å². The van der Waals surface area contributed by atoms with Crippen molar-refractivity contribution < 1.29 is 23.5 Å². The van der Waals surface area contributed by atoms with E-state index in [1.54, 1.807) is 13.8 Å². The molecule has 0 unspecified atom stereocenters. The smallest absolute Gasteiger partial charge is 0.265 e. The summed E-state index contributed by atoms with van der Waals surface area (Å²) in [7, 11) is 0. The van der Waals surface area contributed by atoms with E-state index >= 15 is 0 Å². The molecule has 0 aliphatic carbocycles. The Labute approximate surface area is 144 Å². The second kappa shape index (κ2) is 6.31. The molecule has 0 atom stereocenters. The largest absolute Gasteiger partial charge is 0.481 e. The van der Waals surface area contributed by atoms with E-state index in [0.29, 0.717) is 24.2 Å². The van der Waals surface area contributed by atoms with Crippen LogP contribution in [0.3, 0.4) is 0 Å². The van der Waals surface area contributed by atoms with Crippen molar-refractivity contribution in [2.75, 3.05) is 23.0 Å². The number of allylic oxidation sites excluding steroid dienone is 1. The minimum absolute atomic E-state index is 0.0498. The Kier molecular flexibility index (Phi) is 4.32. The Hall–Kier alpha value is -2.70. The molecule has 2 aliphatic rings. The number of hydrogen-bond acceptors (Lipinski definition) is 4. The van der Waals surface area contributed by atoms with Gasteiger partial charge in [-0.05, 0) is 26.3 Å². The SMILES string of the molecule is CCCN1C(=O)COc2cc(F)c(N3C(=O)CC(=C(C)C)C3=O)cc21. The van der Waals surface area contributed by atoms with Crippen LogP contribution in [0.2, 0.25) is 0 Å². The third kappa shape index (κ3) is 2.79. The lowest BCUT2D eigenvalue weighted by Crippen LogP contribution is -2.39. The number of amides is 3. The Morgan fingerprint density at radius 2 is 1.88 bits per heavy atom. The molecule has 7 heteroatoms. The zero-order valence-corrected chi connectivity index (χ0v) is 14.4. The number of nitrogens with zero attached hydrogens (tertiary/aromatic N) is 2. The van der Waals surface area contributed by atoms with E-state index < -0.39 is 17.6 Å². The summed E-state index contributed by atoms with van der Waals surface area (Å²) in [6.45, 7) is 5.68. The van der Waals surface area contributed by atoms with Gasteiger partial charge in [0, 0.05) is 18.2 Å². The fourth-order valence-electron chi connectivity index (χ4n) is 3.04. The maximum Gasteiger partial charge on any atom is 0.265 e. The van der Waals surface area contributed by atoms with Crippen LogP contribution in [-0.4, -0.2) is 30.9 Å². The standard InChI is InChI=1S/C18H19FN2O4/c1-4-5-20-14-8-13(12(19)7-15(14)25-9-17(20)23)21-16(22)6-11(10(2)3)18(21)24/h7-8H,4-6,9H2,1-3H3. The highest BCUT2D eigenvalue weighted by atomic mass is 19.1. The molecular formula is C18H19FN2O4. The van der Waals surface area contributed by atoms with Crippen LogP contribution in [0.15, 0.2) is 23.3 Å². The van der Waals surface area contributed by atoms with E-state index in [1.165, 1.54) is 11.0 Å². The molecule has 132 valence electrons. The van der Waals surface area contributed by atoms with Crippen molar-refractivity contribution in [3.63, 3.8) is 0 Å². The predicted octanol–water partition coefficient (Wildman–Crippen LogP) is 2.56. The van der Waals surface area contributed by atoms with Crippen LogP contribution in [0.5, 0.6) is 5.75 Å². The summed E-state index contributed by atoms with van der Waals surface area (Å²) in [6.07, 6.45) is 0.660. The van der Waals surface area contributed by atoms with Crippen molar-refractivity contribution >= 4 is 29.1 Å². The lowest BCUT2D eigenvalue weighted by molar-refractivity contribution is -0.122. The van der Waals surface area contributed by atoms with Gasteiger partial charge in [-0.1, -0.05) is 12.5 Å². The topological polar surface area (TPSA) is 66.9 Å². The third-order valence-electron chi connectivity index (χ3n) is 4.30. The van der Waals surface area contributed by atoms with Gasteiger partial charge in [0.2, 0.25) is 5.91 Å². The van der Waals surface area contributed by atoms with Crippen LogP contribution >= 0.6 is 0 Å². The molecule has 2 heterocycles. The number of anilines is 2. The number of hydrogen-bond donors (Lipinski definition) is 0. The zero-order chi connectivity index (χ0) is 18.3. The molecule has 3 amide bonds. The number of benzene rings is 1. The first kappa shape index (κ1) is 17.1. The van der Waals surface area contributed by atoms with E-state index in [2.05, 4.69) is 0 Å². The number of imide groups is 1. The van der Waals surface area contributed by atoms with Gasteiger partial charge >= 0.3 is 0 Å². The molecule has 3 rings (SSSR count). The monoisotopic (exact) mass is 346 g/mol. The first-order valence-corrected chi connectivity index (χ1v) is 8.15. The molecule has 0 bridgehead atoms. The van der Waals surface area contributed by atoms with Crippen LogP contribution in [0, 0.1) is 5.82 Å². The van der Waals surface area contributed by atoms with Gasteiger partial charge in [0.25, 0.3) is 11.8 Å². The summed E-state index contributed by atoms with van der Waals surface area (Å²) in [5.74, 6) is -1.74. The van der Waals surface area contributed by atoms with Gasteiger partial charge in [0.05, 0.1) is 17.8 Å². The molecule has 2 aliphatic heterocycles. The van der Waals surface area contributed by atoms with E-state index in [9.17, 15) is 18.8 Å². The fraction of sp³-hybridized carbons (Fsp3) is 0.389. The molecule has 25 heavy (non-hydrogen) atoms. The number of fused-ring (bicyclic) bond motifs is 1. The van der Waals surface area contributed by atoms with Gasteiger partial charge in [-0.3, -0.25) is 14.4 Å². The first-order chi connectivity index (χ1) is 11.8. The molecule has 6 nitrogen and oxygen atoms in total. The van der Waals surface area contributed by atoms with Gasteiger partial charge in [-0.15, -0.1) is 0 Å². The Morgan fingerprint density at radius 3 is 2.48 bits per heavy atom. The summed E-state index contributed by atoms with van der Waals surface area (Å²) >= 11 is 0. The summed E-state index contributed by atoms with van der Waals surface area (Å²) in [4.78, 5) is 39.2. The van der Waals surface area contributed by atoms with Crippen LogP contribution in [0.1, 0.15) is 33.6 Å². The first-order valence-electron chi connectivity index (χ1n) is 8.15. The highest BCUT2D eigenvalue weighted by Gasteiger charge is 2.38. The summed E-state index contributed by atoms with van der Waals surface area (Å²) < 4.78 is 19.9. The Morgan fingerprint density at radius 1 is 1.16 bits per heavy atom. The average Bonchev–Trinajstić information content (AvgIpc) is 2.85. The normalized spacial score (nSPS) is 17.1. The Balaban J connectivity index is 2.10. The lowest BCUT2D eigenvalue weighted by atomic mass is 10.1. The number of ether oxygens (including phenoxy) is 1. The number of halogens is 1. The third-order valence-corrected chi connectivity index (χ3v) is 4.30. The van der Waals surface area contributed by atoms with Crippen molar-refractivity contribution in [2.24, 2.45) is 0 Å². The summed E-state index contributed by atoms with van der Waals surface area (Å²) in [6, 6.07) is 2.47. The number of carbonyl (C=O) groups excluding carboxylic acids is 3. The summed E-state index contributed by atoms with van der Waals surface area (Å²) in [5, 5.41) is 0. The zero-order valence-electron chi connectivity index (χ0n) is 14.4. The molecule has 0 spiro atoms. The highest BCUT2D eigenvalue weighted by molar-refractivity contribution is 6.28. The minimum Gasteiger partial charge on any atom is -0.481 e. The highest BCUT2D eigenvalue weighted by Crippen LogP contribution is 2.39. The van der Waals surface area contributed by atoms with Crippen molar-refractivity contribution in [3.8, 4) is 5.75 Å². The molecule has 1 aromatic carbocycles. The molecular weight excluding hydrogens is 327 g/mol. The molecule has 0 N–H and O–H groups in total. The van der Waals surface area contributed by atoms with E-state index in [1.807, 2.05) is 6.92 Å². The van der Waals surface area contributed by atoms with Crippen molar-refractivity contribution in [1.29, 1.82) is 0 Å². The van der Waals surface area contributed by atoms with Crippen LogP contribution in [-0.2, 0) is 14.4 Å². The van der Waals surface area contributed by atoms with Gasteiger partial charge in [-0.25, -0.2) is 9.29 Å². The molecule has 1 aromatic rings. The molecule has 1 fully saturated rings. The minimum atomic E-state index is -0.735. The van der Waals surface area contributed by atoms with Gasteiger partial charge < -0.3 is 9.64 Å². The maximum absolute atomic E-state index is 14.6. The average molecular weight is 346 g/mol. The van der Waals surface area contributed by atoms with Gasteiger partial charge in [0.15, 0.2) is 12.4 Å². The Bertz CT molecular complexity index is 812. The molecule has 0 aromatic heterocycles.